The molecule has 3 aromatic carbocycles. The van der Waals surface area contributed by atoms with Crippen LogP contribution < -0.4 is 16.0 Å². The lowest BCUT2D eigenvalue weighted by Crippen LogP contribution is -2.47. The van der Waals surface area contributed by atoms with Gasteiger partial charge in [0.15, 0.2) is 0 Å². The molecular formula is C45H60N6O6. The van der Waals surface area contributed by atoms with Gasteiger partial charge in [-0.1, -0.05) is 91.0 Å². The normalized spacial score (nSPS) is 22.2. The highest BCUT2D eigenvalue weighted by molar-refractivity contribution is 5.71. The van der Waals surface area contributed by atoms with Gasteiger partial charge in [-0.25, -0.2) is 14.4 Å². The summed E-state index contributed by atoms with van der Waals surface area (Å²) >= 11 is 0. The Morgan fingerprint density at radius 3 is 0.860 bits per heavy atom. The third kappa shape index (κ3) is 11.7. The molecule has 306 valence electrons. The van der Waals surface area contributed by atoms with Gasteiger partial charge in [0.2, 0.25) is 0 Å². The molecule has 0 radical (unpaired) electrons. The molecule has 6 aliphatic rings. The van der Waals surface area contributed by atoms with E-state index in [2.05, 4.69) is 122 Å². The Morgan fingerprint density at radius 1 is 0.404 bits per heavy atom. The van der Waals surface area contributed by atoms with Gasteiger partial charge in [0.25, 0.3) is 0 Å². The monoisotopic (exact) mass is 780 g/mol. The molecule has 0 unspecified atom stereocenters. The van der Waals surface area contributed by atoms with E-state index in [4.69, 9.17) is 14.2 Å². The molecule has 0 saturated carbocycles. The summed E-state index contributed by atoms with van der Waals surface area (Å²) < 4.78 is 16.3. The fraction of sp³-hybridized carbons (Fsp3) is 0.533. The summed E-state index contributed by atoms with van der Waals surface area (Å²) in [6.07, 6.45) is 8.18. The number of hydrogen-bond donors (Lipinski definition) is 3. The molecule has 3 aromatic rings. The molecule has 3 amide bonds. The van der Waals surface area contributed by atoms with Crippen LogP contribution in [0.2, 0.25) is 0 Å². The van der Waals surface area contributed by atoms with Crippen LogP contribution >= 0.6 is 0 Å². The van der Waals surface area contributed by atoms with E-state index in [1.54, 1.807) is 0 Å². The third-order valence-electron chi connectivity index (χ3n) is 12.6. The zero-order valence-electron chi connectivity index (χ0n) is 33.3. The SMILES string of the molecule is O=C1NCC2(CCN(CCc3ccccc3)CC2)O1.O=C1NCC2(CCN(CCc3ccccc3)CC2)O1.O=C1NCC2(CCN(CCc3ccccc3)CC2)O1. The average molecular weight is 781 g/mol. The maximum absolute atomic E-state index is 11.2. The van der Waals surface area contributed by atoms with Crippen molar-refractivity contribution in [2.75, 3.05) is 78.5 Å². The van der Waals surface area contributed by atoms with Crippen molar-refractivity contribution in [3.8, 4) is 0 Å². The van der Waals surface area contributed by atoms with Crippen molar-refractivity contribution in [2.24, 2.45) is 0 Å². The minimum absolute atomic E-state index is 0.222. The minimum atomic E-state index is -0.252. The lowest BCUT2D eigenvalue weighted by molar-refractivity contribution is 0.000699. The van der Waals surface area contributed by atoms with Crippen molar-refractivity contribution in [1.82, 2.24) is 30.7 Å². The summed E-state index contributed by atoms with van der Waals surface area (Å²) in [6, 6.07) is 31.7. The third-order valence-corrected chi connectivity index (χ3v) is 12.6. The summed E-state index contributed by atoms with van der Waals surface area (Å²) in [4.78, 5) is 40.9. The van der Waals surface area contributed by atoms with Crippen molar-refractivity contribution >= 4 is 18.3 Å². The maximum atomic E-state index is 11.2. The van der Waals surface area contributed by atoms with E-state index in [-0.39, 0.29) is 35.1 Å². The number of ether oxygens (including phenoxy) is 3. The van der Waals surface area contributed by atoms with Gasteiger partial charge in [0.05, 0.1) is 19.6 Å². The van der Waals surface area contributed by atoms with Crippen LogP contribution in [0.15, 0.2) is 91.0 Å². The minimum Gasteiger partial charge on any atom is -0.441 e. The zero-order valence-corrected chi connectivity index (χ0v) is 33.3. The Kier molecular flexibility index (Phi) is 13.7. The van der Waals surface area contributed by atoms with Crippen LogP contribution in [0.5, 0.6) is 0 Å². The Labute approximate surface area is 337 Å². The second-order valence-corrected chi connectivity index (χ2v) is 16.5. The van der Waals surface area contributed by atoms with Crippen molar-refractivity contribution in [3.63, 3.8) is 0 Å². The van der Waals surface area contributed by atoms with Crippen LogP contribution in [0, 0.1) is 0 Å². The van der Waals surface area contributed by atoms with Gasteiger partial charge >= 0.3 is 18.3 Å². The average Bonchev–Trinajstić information content (AvgIpc) is 3.93. The number of carbonyl (C=O) groups is 3. The molecule has 3 spiro atoms. The summed E-state index contributed by atoms with van der Waals surface area (Å²) in [6.45, 7) is 11.4. The Bertz CT molecular complexity index is 1520. The molecule has 6 heterocycles. The molecule has 3 N–H and O–H groups in total. The van der Waals surface area contributed by atoms with E-state index in [0.29, 0.717) is 19.6 Å². The number of amides is 3. The standard InChI is InChI=1S/3C15H20N2O2/c3*18-14-16-12-15(19-14)7-10-17(11-8-15)9-6-13-4-2-1-3-5-13/h3*1-5H,6-12H2,(H,16,18). The summed E-state index contributed by atoms with van der Waals surface area (Å²) in [7, 11) is 0. The first-order valence-electron chi connectivity index (χ1n) is 21.0. The molecule has 6 fully saturated rings. The number of alkyl carbamates (subject to hydrolysis) is 3. The van der Waals surface area contributed by atoms with E-state index >= 15 is 0 Å². The number of benzene rings is 3. The van der Waals surface area contributed by atoms with Gasteiger partial charge < -0.3 is 44.9 Å². The highest BCUT2D eigenvalue weighted by Crippen LogP contribution is 2.31. The van der Waals surface area contributed by atoms with Gasteiger partial charge in [-0.2, -0.15) is 0 Å². The first-order chi connectivity index (χ1) is 27.8. The van der Waals surface area contributed by atoms with Gasteiger partial charge in [0, 0.05) is 97.4 Å². The number of piperidine rings is 3. The molecule has 6 saturated heterocycles. The molecular weight excluding hydrogens is 721 g/mol. The van der Waals surface area contributed by atoms with Crippen LogP contribution in [-0.4, -0.2) is 128 Å². The van der Waals surface area contributed by atoms with Crippen molar-refractivity contribution in [2.45, 2.75) is 74.6 Å². The highest BCUT2D eigenvalue weighted by Gasteiger charge is 2.44. The van der Waals surface area contributed by atoms with Crippen LogP contribution in [-0.2, 0) is 33.5 Å². The lowest BCUT2D eigenvalue weighted by Gasteiger charge is -2.37. The van der Waals surface area contributed by atoms with Gasteiger partial charge in [-0.05, 0) is 36.0 Å². The smallest absolute Gasteiger partial charge is 0.407 e. The topological polar surface area (TPSA) is 125 Å². The number of carbonyl (C=O) groups excluding carboxylic acids is 3. The van der Waals surface area contributed by atoms with Crippen LogP contribution in [0.4, 0.5) is 14.4 Å². The highest BCUT2D eigenvalue weighted by atomic mass is 16.6. The quantitative estimate of drug-likeness (QED) is 0.245. The van der Waals surface area contributed by atoms with Gasteiger partial charge in [-0.15, -0.1) is 0 Å². The Balaban J connectivity index is 0.000000131. The second-order valence-electron chi connectivity index (χ2n) is 16.5. The van der Waals surface area contributed by atoms with Crippen LogP contribution in [0.3, 0.4) is 0 Å². The lowest BCUT2D eigenvalue weighted by atomic mass is 9.91. The first kappa shape index (κ1) is 40.5. The first-order valence-corrected chi connectivity index (χ1v) is 21.0. The van der Waals surface area contributed by atoms with E-state index in [1.807, 2.05) is 0 Å². The molecule has 12 heteroatoms. The van der Waals surface area contributed by atoms with Gasteiger partial charge in [-0.3, -0.25) is 0 Å². The van der Waals surface area contributed by atoms with E-state index in [0.717, 1.165) is 117 Å². The molecule has 0 bridgehead atoms. The van der Waals surface area contributed by atoms with Gasteiger partial charge in [0.1, 0.15) is 16.8 Å². The number of nitrogens with zero attached hydrogens (tertiary/aromatic N) is 3. The van der Waals surface area contributed by atoms with E-state index in [1.165, 1.54) is 16.7 Å². The summed E-state index contributed by atoms with van der Waals surface area (Å²) in [5.41, 5.74) is 3.49. The summed E-state index contributed by atoms with van der Waals surface area (Å²) in [5.74, 6) is 0. The fourth-order valence-corrected chi connectivity index (χ4v) is 8.69. The predicted octanol–water partition coefficient (Wildman–Crippen LogP) is 5.41. The van der Waals surface area contributed by atoms with Crippen molar-refractivity contribution in [1.29, 1.82) is 0 Å². The van der Waals surface area contributed by atoms with Crippen molar-refractivity contribution < 1.29 is 28.6 Å². The number of hydrogen-bond acceptors (Lipinski definition) is 9. The molecule has 12 nitrogen and oxygen atoms in total. The molecule has 6 aliphatic heterocycles. The number of rotatable bonds is 9. The Hall–Kier alpha value is -4.65. The second kappa shape index (κ2) is 19.2. The molecule has 0 aliphatic carbocycles. The molecule has 0 atom stereocenters. The van der Waals surface area contributed by atoms with Crippen LogP contribution in [0.1, 0.15) is 55.2 Å². The van der Waals surface area contributed by atoms with E-state index < -0.39 is 0 Å². The van der Waals surface area contributed by atoms with E-state index in [9.17, 15) is 14.4 Å². The Morgan fingerprint density at radius 2 is 0.649 bits per heavy atom. The summed E-state index contributed by atoms with van der Waals surface area (Å²) in [5, 5.41) is 8.32. The van der Waals surface area contributed by atoms with Crippen molar-refractivity contribution in [3.05, 3.63) is 108 Å². The molecule has 0 aromatic heterocycles. The number of likely N-dealkylation sites (tertiary alicyclic amines) is 3. The molecule has 9 rings (SSSR count). The fourth-order valence-electron chi connectivity index (χ4n) is 8.69. The number of nitrogens with one attached hydrogen (secondary N) is 3. The molecule has 57 heavy (non-hydrogen) atoms. The predicted molar refractivity (Wildman–Crippen MR) is 219 cm³/mol. The maximum Gasteiger partial charge on any atom is 0.407 e. The van der Waals surface area contributed by atoms with Crippen LogP contribution in [0.25, 0.3) is 0 Å². The largest absolute Gasteiger partial charge is 0.441 e. The zero-order chi connectivity index (χ0) is 39.4.